The smallest absolute Gasteiger partial charge is 0.154 e. The van der Waals surface area contributed by atoms with Gasteiger partial charge >= 0.3 is 0 Å². The number of benzene rings is 3. The first kappa shape index (κ1) is 46.4. The monoisotopic (exact) mass is 715 g/mol. The third-order valence-electron chi connectivity index (χ3n) is 9.24. The van der Waals surface area contributed by atoms with Crippen molar-refractivity contribution in [2.45, 2.75) is 134 Å². The van der Waals surface area contributed by atoms with Crippen LogP contribution < -0.4 is 0 Å². The third kappa shape index (κ3) is 22.1. The van der Waals surface area contributed by atoms with Crippen LogP contribution in [0.3, 0.4) is 0 Å². The van der Waals surface area contributed by atoms with Gasteiger partial charge in [0.2, 0.25) is 0 Å². The van der Waals surface area contributed by atoms with Gasteiger partial charge in [0.25, 0.3) is 0 Å². The summed E-state index contributed by atoms with van der Waals surface area (Å²) >= 11 is 0. The number of hydrogen-bond acceptors (Lipinski definition) is 3. The van der Waals surface area contributed by atoms with E-state index in [-0.39, 0.29) is 17.7 Å². The zero-order valence-electron chi connectivity index (χ0n) is 33.9. The molecule has 2 heterocycles. The van der Waals surface area contributed by atoms with E-state index in [0.717, 1.165) is 43.1 Å². The van der Waals surface area contributed by atoms with Gasteiger partial charge in [0.1, 0.15) is 17.5 Å². The fourth-order valence-electron chi connectivity index (χ4n) is 5.24. The van der Waals surface area contributed by atoms with Crippen LogP contribution in [-0.2, 0) is 14.2 Å². The molecule has 3 aromatic rings. The molecule has 3 fully saturated rings. The van der Waals surface area contributed by atoms with Crippen LogP contribution in [0.4, 0.5) is 13.2 Å². The van der Waals surface area contributed by atoms with Crippen LogP contribution in [0.1, 0.15) is 113 Å². The molecule has 6 rings (SSSR count). The summed E-state index contributed by atoms with van der Waals surface area (Å²) in [7, 11) is 0. The summed E-state index contributed by atoms with van der Waals surface area (Å²) < 4.78 is 53.5. The molecule has 1 aliphatic carbocycles. The van der Waals surface area contributed by atoms with E-state index >= 15 is 0 Å². The van der Waals surface area contributed by atoms with Crippen molar-refractivity contribution in [2.24, 2.45) is 23.7 Å². The maximum Gasteiger partial charge on any atom is 0.154 e. The number of rotatable bonds is 0. The fraction of sp³-hybridized carbons (Fsp3) is 0.600. The first-order chi connectivity index (χ1) is 24.0. The van der Waals surface area contributed by atoms with Crippen LogP contribution in [0.5, 0.6) is 0 Å². The van der Waals surface area contributed by atoms with Crippen LogP contribution in [0.25, 0.3) is 0 Å². The Morgan fingerprint density at radius 3 is 1.18 bits per heavy atom. The molecule has 0 radical (unpaired) electrons. The van der Waals surface area contributed by atoms with E-state index in [9.17, 15) is 13.2 Å². The molecule has 51 heavy (non-hydrogen) atoms. The Kier molecular flexibility index (Phi) is 23.0. The van der Waals surface area contributed by atoms with Crippen LogP contribution in [0.15, 0.2) is 54.6 Å². The average molecular weight is 715 g/mol. The van der Waals surface area contributed by atoms with Gasteiger partial charge in [-0.05, 0) is 121 Å². The molecule has 0 spiro atoms. The summed E-state index contributed by atoms with van der Waals surface area (Å²) in [6.07, 6.45) is 9.03. The van der Waals surface area contributed by atoms with Crippen molar-refractivity contribution >= 4 is 0 Å². The second-order valence-corrected chi connectivity index (χ2v) is 15.3. The second-order valence-electron chi connectivity index (χ2n) is 15.3. The quantitative estimate of drug-likeness (QED) is 0.232. The van der Waals surface area contributed by atoms with Crippen LogP contribution in [0.2, 0.25) is 0 Å². The summed E-state index contributed by atoms with van der Waals surface area (Å²) in [5.41, 5.74) is 5.04. The molecule has 2 saturated heterocycles. The molecular weight excluding hydrogens is 645 g/mol. The van der Waals surface area contributed by atoms with E-state index < -0.39 is 11.6 Å². The van der Waals surface area contributed by atoms with Gasteiger partial charge < -0.3 is 14.2 Å². The van der Waals surface area contributed by atoms with E-state index in [0.29, 0.717) is 23.1 Å². The van der Waals surface area contributed by atoms with E-state index in [4.69, 9.17) is 14.2 Å². The molecule has 3 aliphatic rings. The molecule has 0 bridgehead atoms. The second kappa shape index (κ2) is 25.3. The highest BCUT2D eigenvalue weighted by Crippen LogP contribution is 2.27. The maximum absolute atomic E-state index is 12.6. The number of aryl methyl sites for hydroxylation is 5. The highest BCUT2D eigenvalue weighted by molar-refractivity contribution is 5.24. The first-order valence-corrected chi connectivity index (χ1v) is 19.0. The van der Waals surface area contributed by atoms with Crippen molar-refractivity contribution in [3.8, 4) is 0 Å². The minimum absolute atomic E-state index is 0.0196. The summed E-state index contributed by atoms with van der Waals surface area (Å²) in [5.74, 6) is 2.35. The molecule has 6 heteroatoms. The third-order valence-corrected chi connectivity index (χ3v) is 9.24. The molecule has 1 unspecified atom stereocenters. The normalized spacial score (nSPS) is 23.8. The SMILES string of the molecule is CC1CCC(C)CC1.CC1CC[C@@H](C)OC1.CC1COC(C)OC1.Cc1cc(F)c(C)c(F)c1.Cc1ccc(C)c(F)c1.Cc1ccc(C)cc1. The van der Waals surface area contributed by atoms with Crippen molar-refractivity contribution in [1.29, 1.82) is 0 Å². The Morgan fingerprint density at radius 2 is 0.824 bits per heavy atom. The van der Waals surface area contributed by atoms with Crippen molar-refractivity contribution in [2.75, 3.05) is 19.8 Å². The lowest BCUT2D eigenvalue weighted by molar-refractivity contribution is -0.187. The summed E-state index contributed by atoms with van der Waals surface area (Å²) in [6.45, 7) is 26.7. The molecular formula is C45H69F3O3. The Morgan fingerprint density at radius 1 is 0.431 bits per heavy atom. The lowest BCUT2D eigenvalue weighted by Crippen LogP contribution is -2.27. The molecule has 2 aliphatic heterocycles. The van der Waals surface area contributed by atoms with Gasteiger partial charge in [-0.2, -0.15) is 0 Å². The van der Waals surface area contributed by atoms with Crippen molar-refractivity contribution in [1.82, 2.24) is 0 Å². The zero-order chi connectivity index (χ0) is 38.5. The van der Waals surface area contributed by atoms with Gasteiger partial charge in [0, 0.05) is 18.1 Å². The van der Waals surface area contributed by atoms with Crippen LogP contribution in [-0.4, -0.2) is 32.2 Å². The van der Waals surface area contributed by atoms with E-state index in [2.05, 4.69) is 72.7 Å². The molecule has 2 atom stereocenters. The Labute approximate surface area is 309 Å². The number of hydrogen-bond donors (Lipinski definition) is 0. The summed E-state index contributed by atoms with van der Waals surface area (Å²) in [6, 6.07) is 16.3. The van der Waals surface area contributed by atoms with Crippen LogP contribution in [0, 0.1) is 82.7 Å². The molecule has 288 valence electrons. The van der Waals surface area contributed by atoms with Gasteiger partial charge in [-0.25, -0.2) is 13.2 Å². The molecule has 0 amide bonds. The lowest BCUT2D eigenvalue weighted by atomic mass is 9.84. The van der Waals surface area contributed by atoms with Gasteiger partial charge in [-0.3, -0.25) is 0 Å². The fourth-order valence-corrected chi connectivity index (χ4v) is 5.24. The Bertz CT molecular complexity index is 1210. The highest BCUT2D eigenvalue weighted by atomic mass is 19.1. The van der Waals surface area contributed by atoms with Gasteiger partial charge in [-0.1, -0.05) is 101 Å². The van der Waals surface area contributed by atoms with E-state index in [1.54, 1.807) is 19.9 Å². The zero-order valence-corrected chi connectivity index (χ0v) is 33.9. The molecule has 3 nitrogen and oxygen atoms in total. The van der Waals surface area contributed by atoms with Gasteiger partial charge in [-0.15, -0.1) is 0 Å². The van der Waals surface area contributed by atoms with Gasteiger partial charge in [0.15, 0.2) is 6.29 Å². The minimum atomic E-state index is -0.475. The van der Waals surface area contributed by atoms with Crippen LogP contribution >= 0.6 is 0 Å². The number of halogens is 3. The summed E-state index contributed by atoms with van der Waals surface area (Å²) in [4.78, 5) is 0. The topological polar surface area (TPSA) is 27.7 Å². The van der Waals surface area contributed by atoms with Crippen molar-refractivity contribution in [3.05, 3.63) is 105 Å². The lowest BCUT2D eigenvalue weighted by Gasteiger charge is -2.24. The highest BCUT2D eigenvalue weighted by Gasteiger charge is 2.15. The van der Waals surface area contributed by atoms with E-state index in [1.807, 2.05) is 19.9 Å². The summed E-state index contributed by atoms with van der Waals surface area (Å²) in [5, 5.41) is 0. The molecule has 0 aromatic heterocycles. The first-order valence-electron chi connectivity index (χ1n) is 19.0. The van der Waals surface area contributed by atoms with Gasteiger partial charge in [0.05, 0.1) is 19.3 Å². The number of ether oxygens (including phenoxy) is 3. The van der Waals surface area contributed by atoms with Crippen molar-refractivity contribution in [3.63, 3.8) is 0 Å². The largest absolute Gasteiger partial charge is 0.378 e. The Balaban J connectivity index is 0.000000307. The predicted molar refractivity (Wildman–Crippen MR) is 209 cm³/mol. The van der Waals surface area contributed by atoms with Crippen molar-refractivity contribution < 1.29 is 27.4 Å². The molecule has 1 saturated carbocycles. The van der Waals surface area contributed by atoms with E-state index in [1.165, 1.54) is 74.8 Å². The molecule has 0 N–H and O–H groups in total. The standard InChI is InChI=1S/C8H8F2.C8H9F.C8H16.C8H10.C7H14O.C6H12O2/c1-5-3-7(9)6(2)8(10)4-5;1-6-3-4-7(2)8(9)5-6;2*1-7-3-5-8(2)6-4-7;1-6-3-4-7(2)8-5-6;1-5-3-7-6(2)8-4-5/h3-4H,1-2H3;3-5H,1-2H3;7-8H,3-6H2,1-2H3;3-6H,1-2H3;6-7H,3-5H2,1-2H3;5-6H,3-4H2,1-2H3/t;;;;6?,7-;/m....1./s1. The Hall–Kier alpha value is -2.67. The average Bonchev–Trinajstić information content (AvgIpc) is 3.09. The maximum atomic E-state index is 12.6. The predicted octanol–water partition coefficient (Wildman–Crippen LogP) is 13.0. The molecule has 3 aromatic carbocycles. The minimum Gasteiger partial charge on any atom is -0.378 e.